The van der Waals surface area contributed by atoms with Crippen molar-refractivity contribution in [3.8, 4) is 0 Å². The average molecular weight is 327 g/mol. The Labute approximate surface area is 109 Å². The summed E-state index contributed by atoms with van der Waals surface area (Å²) in [7, 11) is 0.446. The Hall–Kier alpha value is 0.0500. The molecule has 0 saturated heterocycles. The van der Waals surface area contributed by atoms with Gasteiger partial charge in [0.2, 0.25) is 10.0 Å². The van der Waals surface area contributed by atoms with E-state index in [1.54, 1.807) is 12.1 Å². The van der Waals surface area contributed by atoms with Crippen LogP contribution in [0.5, 0.6) is 0 Å². The van der Waals surface area contributed by atoms with Gasteiger partial charge < -0.3 is 4.90 Å². The van der Waals surface area contributed by atoms with Gasteiger partial charge in [-0.05, 0) is 49.1 Å². The van der Waals surface area contributed by atoms with Gasteiger partial charge >= 0.3 is 0 Å². The van der Waals surface area contributed by atoms with E-state index >= 15 is 0 Å². The average Bonchev–Trinajstić information content (AvgIpc) is 2.49. The van der Waals surface area contributed by atoms with E-state index in [4.69, 9.17) is 0 Å². The second-order valence-electron chi connectivity index (χ2n) is 3.84. The predicted octanol–water partition coefficient (Wildman–Crippen LogP) is 1.74. The van der Waals surface area contributed by atoms with Crippen molar-refractivity contribution >= 4 is 37.3 Å². The van der Waals surface area contributed by atoms with Crippen molar-refractivity contribution in [2.45, 2.75) is 17.2 Å². The van der Waals surface area contributed by atoms with E-state index in [0.29, 0.717) is 10.8 Å². The summed E-state index contributed by atoms with van der Waals surface area (Å²) < 4.78 is 27.6. The molecule has 0 saturated carbocycles. The smallest absolute Gasteiger partial charge is 0.250 e. The van der Waals surface area contributed by atoms with Crippen molar-refractivity contribution < 1.29 is 8.42 Å². The van der Waals surface area contributed by atoms with E-state index < -0.39 is 10.0 Å². The molecule has 92 valence electrons. The SMILES string of the molecule is CC(CN(C)C)NS(=O)(=O)c1ccc(Br)s1. The molecule has 0 radical (unpaired) electrons. The largest absolute Gasteiger partial charge is 0.308 e. The maximum atomic E-state index is 11.9. The number of hydrogen-bond donors (Lipinski definition) is 1. The van der Waals surface area contributed by atoms with Crippen molar-refractivity contribution in [1.29, 1.82) is 0 Å². The minimum absolute atomic E-state index is 0.110. The van der Waals surface area contributed by atoms with E-state index in [0.717, 1.165) is 3.79 Å². The number of sulfonamides is 1. The Balaban J connectivity index is 2.73. The molecule has 0 spiro atoms. The lowest BCUT2D eigenvalue weighted by molar-refractivity contribution is 0.370. The highest BCUT2D eigenvalue weighted by atomic mass is 79.9. The molecule has 0 fully saturated rings. The van der Waals surface area contributed by atoms with Gasteiger partial charge in [0.25, 0.3) is 0 Å². The van der Waals surface area contributed by atoms with E-state index in [-0.39, 0.29) is 6.04 Å². The first-order valence-corrected chi connectivity index (χ1v) is 7.83. The monoisotopic (exact) mass is 326 g/mol. The van der Waals surface area contributed by atoms with E-state index in [1.165, 1.54) is 11.3 Å². The summed E-state index contributed by atoms with van der Waals surface area (Å²) >= 11 is 4.46. The maximum absolute atomic E-state index is 11.9. The van der Waals surface area contributed by atoms with Crippen LogP contribution in [0.2, 0.25) is 0 Å². The van der Waals surface area contributed by atoms with Crippen LogP contribution < -0.4 is 4.72 Å². The van der Waals surface area contributed by atoms with Gasteiger partial charge in [-0.2, -0.15) is 0 Å². The van der Waals surface area contributed by atoms with Crippen LogP contribution >= 0.6 is 27.3 Å². The summed E-state index contributed by atoms with van der Waals surface area (Å²) in [4.78, 5) is 1.94. The molecule has 0 bridgehead atoms. The first-order valence-electron chi connectivity index (χ1n) is 4.73. The summed E-state index contributed by atoms with van der Waals surface area (Å²) in [6.07, 6.45) is 0. The molecule has 16 heavy (non-hydrogen) atoms. The fraction of sp³-hybridized carbons (Fsp3) is 0.556. The molecule has 7 heteroatoms. The van der Waals surface area contributed by atoms with Crippen molar-refractivity contribution in [3.05, 3.63) is 15.9 Å². The third kappa shape index (κ3) is 4.14. The van der Waals surface area contributed by atoms with Crippen LogP contribution in [0, 0.1) is 0 Å². The summed E-state index contributed by atoms with van der Waals surface area (Å²) in [6.45, 7) is 2.52. The van der Waals surface area contributed by atoms with Gasteiger partial charge in [-0.3, -0.25) is 0 Å². The van der Waals surface area contributed by atoms with Gasteiger partial charge in [0.1, 0.15) is 4.21 Å². The van der Waals surface area contributed by atoms with Crippen LogP contribution in [0.25, 0.3) is 0 Å². The number of hydrogen-bond acceptors (Lipinski definition) is 4. The molecule has 1 N–H and O–H groups in total. The number of halogens is 1. The third-order valence-corrected chi connectivity index (χ3v) is 5.51. The lowest BCUT2D eigenvalue weighted by atomic mass is 10.3. The summed E-state index contributed by atoms with van der Waals surface area (Å²) in [6, 6.07) is 3.22. The highest BCUT2D eigenvalue weighted by Crippen LogP contribution is 2.25. The molecule has 1 rings (SSSR count). The first kappa shape index (κ1) is 14.1. The second kappa shape index (κ2) is 5.59. The summed E-state index contributed by atoms with van der Waals surface area (Å²) in [5, 5.41) is 0. The van der Waals surface area contributed by atoms with Gasteiger partial charge in [0, 0.05) is 12.6 Å². The minimum Gasteiger partial charge on any atom is -0.308 e. The highest BCUT2D eigenvalue weighted by molar-refractivity contribution is 9.11. The summed E-state index contributed by atoms with van der Waals surface area (Å²) in [5.74, 6) is 0. The molecule has 0 amide bonds. The maximum Gasteiger partial charge on any atom is 0.250 e. The van der Waals surface area contributed by atoms with Crippen LogP contribution in [-0.2, 0) is 10.0 Å². The Morgan fingerprint density at radius 2 is 2.12 bits per heavy atom. The molecule has 4 nitrogen and oxygen atoms in total. The van der Waals surface area contributed by atoms with Crippen molar-refractivity contribution in [2.75, 3.05) is 20.6 Å². The number of nitrogens with zero attached hydrogens (tertiary/aromatic N) is 1. The molecule has 0 aliphatic heterocycles. The second-order valence-corrected chi connectivity index (χ2v) is 8.25. The van der Waals surface area contributed by atoms with Crippen LogP contribution in [0.4, 0.5) is 0 Å². The van der Waals surface area contributed by atoms with E-state index in [2.05, 4.69) is 20.7 Å². The van der Waals surface area contributed by atoms with Gasteiger partial charge in [-0.25, -0.2) is 13.1 Å². The molecule has 1 heterocycles. The standard InChI is InChI=1S/C9H15BrN2O2S2/c1-7(6-12(2)3)11-16(13,14)9-5-4-8(10)15-9/h4-5,7,11H,6H2,1-3H3. The molecule has 0 aliphatic carbocycles. The lowest BCUT2D eigenvalue weighted by Crippen LogP contribution is -2.39. The first-order chi connectivity index (χ1) is 7.31. The molecule has 1 aromatic heterocycles. The zero-order valence-electron chi connectivity index (χ0n) is 9.40. The number of nitrogens with one attached hydrogen (secondary N) is 1. The van der Waals surface area contributed by atoms with Crippen LogP contribution in [0.15, 0.2) is 20.1 Å². The van der Waals surface area contributed by atoms with Crippen molar-refractivity contribution in [3.63, 3.8) is 0 Å². The van der Waals surface area contributed by atoms with E-state index in [9.17, 15) is 8.42 Å². The Morgan fingerprint density at radius 1 is 1.50 bits per heavy atom. The van der Waals surface area contributed by atoms with Gasteiger partial charge in [0.05, 0.1) is 3.79 Å². The zero-order chi connectivity index (χ0) is 12.3. The summed E-state index contributed by atoms with van der Waals surface area (Å²) in [5.41, 5.74) is 0. The molecule has 0 aromatic carbocycles. The topological polar surface area (TPSA) is 49.4 Å². The van der Waals surface area contributed by atoms with Crippen LogP contribution in [0.3, 0.4) is 0 Å². The lowest BCUT2D eigenvalue weighted by Gasteiger charge is -2.17. The molecular formula is C9H15BrN2O2S2. The van der Waals surface area contributed by atoms with Gasteiger partial charge in [0.15, 0.2) is 0 Å². The van der Waals surface area contributed by atoms with E-state index in [1.807, 2.05) is 25.9 Å². The quantitative estimate of drug-likeness (QED) is 0.896. The molecule has 1 atom stereocenters. The van der Waals surface area contributed by atoms with Crippen LogP contribution in [-0.4, -0.2) is 40.0 Å². The highest BCUT2D eigenvalue weighted by Gasteiger charge is 2.19. The van der Waals surface area contributed by atoms with Gasteiger partial charge in [-0.1, -0.05) is 0 Å². The number of thiophene rings is 1. The van der Waals surface area contributed by atoms with Crippen molar-refractivity contribution in [1.82, 2.24) is 9.62 Å². The molecule has 1 aromatic rings. The molecule has 1 unspecified atom stereocenters. The fourth-order valence-electron chi connectivity index (χ4n) is 1.35. The zero-order valence-corrected chi connectivity index (χ0v) is 12.6. The fourth-order valence-corrected chi connectivity index (χ4v) is 4.61. The Bertz CT molecular complexity index is 442. The van der Waals surface area contributed by atoms with Gasteiger partial charge in [-0.15, -0.1) is 11.3 Å². The molecular weight excluding hydrogens is 312 g/mol. The predicted molar refractivity (Wildman–Crippen MR) is 70.4 cm³/mol. The molecule has 0 aliphatic rings. The Morgan fingerprint density at radius 3 is 2.56 bits per heavy atom. The normalized spacial score (nSPS) is 14.3. The van der Waals surface area contributed by atoms with Crippen LogP contribution in [0.1, 0.15) is 6.92 Å². The number of rotatable bonds is 5. The Kier molecular flexibility index (Phi) is 4.93. The number of likely N-dealkylation sites (N-methyl/N-ethyl adjacent to an activating group) is 1. The minimum atomic E-state index is -3.37. The third-order valence-electron chi connectivity index (χ3n) is 1.81. The van der Waals surface area contributed by atoms with Crippen molar-refractivity contribution in [2.24, 2.45) is 0 Å².